The highest BCUT2D eigenvalue weighted by Gasteiger charge is 2.02. The molecule has 0 aliphatic heterocycles. The normalized spacial score (nSPS) is 9.85. The molecule has 0 fully saturated rings. The van der Waals surface area contributed by atoms with Crippen LogP contribution in [0.2, 0.25) is 0 Å². The van der Waals surface area contributed by atoms with Crippen LogP contribution in [0.5, 0.6) is 0 Å². The maximum Gasteiger partial charge on any atom is 0.327 e. The first-order chi connectivity index (χ1) is 5.66. The van der Waals surface area contributed by atoms with E-state index in [1.54, 1.807) is 0 Å². The van der Waals surface area contributed by atoms with Gasteiger partial charge in [0.05, 0.1) is 0 Å². The van der Waals surface area contributed by atoms with Crippen LogP contribution in [0.4, 0.5) is 0 Å². The Kier molecular flexibility index (Phi) is 1.91. The summed E-state index contributed by atoms with van der Waals surface area (Å²) in [6.07, 6.45) is 0. The summed E-state index contributed by atoms with van der Waals surface area (Å²) in [4.78, 5) is 41.0. The van der Waals surface area contributed by atoms with Crippen LogP contribution in [0.1, 0.15) is 0 Å². The van der Waals surface area contributed by atoms with Crippen molar-refractivity contribution in [1.29, 1.82) is 0 Å². The molecule has 2 rings (SSSR count). The zero-order chi connectivity index (χ0) is 8.72. The van der Waals surface area contributed by atoms with Crippen molar-refractivity contribution in [2.24, 2.45) is 0 Å². The summed E-state index contributed by atoms with van der Waals surface area (Å²) in [5.74, 6) is 0. The Morgan fingerprint density at radius 1 is 0.769 bits per heavy atom. The summed E-state index contributed by atoms with van der Waals surface area (Å²) >= 11 is 0. The Hall–Kier alpha value is -2.09. The summed E-state index contributed by atoms with van der Waals surface area (Å²) in [5, 5.41) is 0. The summed E-state index contributed by atoms with van der Waals surface area (Å²) < 4.78 is 0. The van der Waals surface area contributed by atoms with Gasteiger partial charge < -0.3 is 6.15 Å². The summed E-state index contributed by atoms with van der Waals surface area (Å²) in [5.41, 5.74) is -1.65. The molecule has 0 aliphatic rings. The second-order valence-corrected chi connectivity index (χ2v) is 2.24. The van der Waals surface area contributed by atoms with Crippen LogP contribution in [0, 0.1) is 0 Å². The summed E-state index contributed by atoms with van der Waals surface area (Å²) in [7, 11) is 0. The Morgan fingerprint density at radius 3 is 1.92 bits per heavy atom. The molecule has 8 nitrogen and oxygen atoms in total. The van der Waals surface area contributed by atoms with Gasteiger partial charge in [-0.2, -0.15) is 0 Å². The van der Waals surface area contributed by atoms with Crippen LogP contribution in [0.25, 0.3) is 11.2 Å². The molecule has 13 heavy (non-hydrogen) atoms. The number of fused-ring (bicyclic) bond motifs is 1. The van der Waals surface area contributed by atoms with Gasteiger partial charge in [-0.15, -0.1) is 0 Å². The molecule has 0 amide bonds. The summed E-state index contributed by atoms with van der Waals surface area (Å²) in [6, 6.07) is 0. The SMILES string of the molecule is O=c1[nH]c(=O)c2[nH]c(=O)[nH]c2[nH]1.[NH4+]. The first-order valence-electron chi connectivity index (χ1n) is 3.11. The van der Waals surface area contributed by atoms with Gasteiger partial charge in [0.25, 0.3) is 5.56 Å². The number of hydrogen-bond donors (Lipinski definition) is 5. The van der Waals surface area contributed by atoms with Crippen molar-refractivity contribution in [1.82, 2.24) is 26.1 Å². The molecule has 0 radical (unpaired) electrons. The highest BCUT2D eigenvalue weighted by Crippen LogP contribution is 1.88. The average molecular weight is 186 g/mol. The van der Waals surface area contributed by atoms with Gasteiger partial charge in [-0.05, 0) is 0 Å². The lowest BCUT2D eigenvalue weighted by molar-refractivity contribution is 1.07. The number of imidazole rings is 1. The third-order valence-corrected chi connectivity index (χ3v) is 1.42. The highest BCUT2D eigenvalue weighted by atomic mass is 16.2. The Bertz CT molecular complexity index is 584. The van der Waals surface area contributed by atoms with Crippen molar-refractivity contribution in [3.8, 4) is 0 Å². The van der Waals surface area contributed by atoms with E-state index < -0.39 is 16.9 Å². The molecule has 0 saturated heterocycles. The number of nitrogens with one attached hydrogen (secondary N) is 4. The van der Waals surface area contributed by atoms with Gasteiger partial charge in [-0.25, -0.2) is 9.59 Å². The molecule has 0 aromatic carbocycles. The molecule has 2 aromatic heterocycles. The third kappa shape index (κ3) is 1.29. The molecule has 0 aliphatic carbocycles. The first-order valence-corrected chi connectivity index (χ1v) is 3.11. The quantitative estimate of drug-likeness (QED) is 0.344. The fraction of sp³-hybridized carbons (Fsp3) is 0. The minimum absolute atomic E-state index is 0. The van der Waals surface area contributed by atoms with E-state index in [4.69, 9.17) is 0 Å². The van der Waals surface area contributed by atoms with Crippen LogP contribution >= 0.6 is 0 Å². The van der Waals surface area contributed by atoms with Crippen molar-refractivity contribution >= 4 is 11.2 Å². The van der Waals surface area contributed by atoms with Crippen LogP contribution < -0.4 is 23.1 Å². The lowest BCUT2D eigenvalue weighted by atomic mass is 10.5. The topological polar surface area (TPSA) is 151 Å². The lowest BCUT2D eigenvalue weighted by Crippen LogP contribution is -2.21. The Labute approximate surface area is 69.6 Å². The molecule has 2 aromatic rings. The van der Waals surface area contributed by atoms with Crippen molar-refractivity contribution in [2.75, 3.05) is 0 Å². The third-order valence-electron chi connectivity index (χ3n) is 1.42. The van der Waals surface area contributed by atoms with Gasteiger partial charge in [0.2, 0.25) is 0 Å². The number of hydrogen-bond acceptors (Lipinski definition) is 3. The molecular weight excluding hydrogens is 178 g/mol. The number of H-pyrrole nitrogens is 4. The molecule has 8 heteroatoms. The van der Waals surface area contributed by atoms with Crippen LogP contribution in [-0.4, -0.2) is 19.9 Å². The summed E-state index contributed by atoms with van der Waals surface area (Å²) in [6.45, 7) is 0. The highest BCUT2D eigenvalue weighted by molar-refractivity contribution is 5.67. The van der Waals surface area contributed by atoms with E-state index >= 15 is 0 Å². The molecule has 0 saturated carbocycles. The molecule has 0 bridgehead atoms. The second-order valence-electron chi connectivity index (χ2n) is 2.24. The number of quaternary nitrogens is 1. The number of aromatic nitrogens is 4. The van der Waals surface area contributed by atoms with E-state index in [0.717, 1.165) is 0 Å². The monoisotopic (exact) mass is 186 g/mol. The number of rotatable bonds is 0. The van der Waals surface area contributed by atoms with Crippen LogP contribution in [0.3, 0.4) is 0 Å². The smallest absolute Gasteiger partial charge is 0.327 e. The van der Waals surface area contributed by atoms with E-state index in [9.17, 15) is 14.4 Å². The van der Waals surface area contributed by atoms with Crippen molar-refractivity contribution in [3.05, 3.63) is 31.3 Å². The lowest BCUT2D eigenvalue weighted by Gasteiger charge is -1.83. The average Bonchev–Trinajstić information content (AvgIpc) is 2.29. The zero-order valence-corrected chi connectivity index (χ0v) is 6.72. The fourth-order valence-electron chi connectivity index (χ4n) is 0.958. The van der Waals surface area contributed by atoms with E-state index in [0.29, 0.717) is 0 Å². The number of aromatic amines is 4. The van der Waals surface area contributed by atoms with Crippen molar-refractivity contribution < 1.29 is 0 Å². The predicted molar refractivity (Wildman–Crippen MR) is 46.1 cm³/mol. The molecule has 70 valence electrons. The van der Waals surface area contributed by atoms with E-state index in [1.807, 2.05) is 4.98 Å². The molecule has 2 heterocycles. The predicted octanol–water partition coefficient (Wildman–Crippen LogP) is -1.39. The molecule has 0 atom stereocenters. The molecule has 0 spiro atoms. The molecular formula is C5H8N5O3+. The van der Waals surface area contributed by atoms with Crippen molar-refractivity contribution in [2.45, 2.75) is 0 Å². The standard InChI is InChI=1S/C5H4N4O3.H3N/c10-3-1-2(7-4(11)6-1)8-5(12)9-3;/h(H4,6,7,8,9,10,11,12);1H3/p+1. The van der Waals surface area contributed by atoms with Gasteiger partial charge >= 0.3 is 11.4 Å². The zero-order valence-electron chi connectivity index (χ0n) is 6.72. The minimum atomic E-state index is -0.650. The largest absolute Gasteiger partial charge is 0.369 e. The van der Waals surface area contributed by atoms with Crippen LogP contribution in [-0.2, 0) is 0 Å². The second kappa shape index (κ2) is 2.75. The van der Waals surface area contributed by atoms with E-state index in [2.05, 4.69) is 15.0 Å². The van der Waals surface area contributed by atoms with Crippen LogP contribution in [0.15, 0.2) is 14.4 Å². The van der Waals surface area contributed by atoms with Crippen molar-refractivity contribution in [3.63, 3.8) is 0 Å². The minimum Gasteiger partial charge on any atom is -0.369 e. The molecule has 8 N–H and O–H groups in total. The molecule has 0 unspecified atom stereocenters. The maximum atomic E-state index is 10.9. The van der Waals surface area contributed by atoms with Gasteiger partial charge in [0, 0.05) is 0 Å². The fourth-order valence-corrected chi connectivity index (χ4v) is 0.958. The Balaban J connectivity index is 0.000000845. The van der Waals surface area contributed by atoms with Gasteiger partial charge in [0.15, 0.2) is 0 Å². The maximum absolute atomic E-state index is 10.9. The van der Waals surface area contributed by atoms with E-state index in [1.165, 1.54) is 0 Å². The van der Waals surface area contributed by atoms with E-state index in [-0.39, 0.29) is 17.3 Å². The first kappa shape index (κ1) is 9.00. The Morgan fingerprint density at radius 2 is 1.31 bits per heavy atom. The van der Waals surface area contributed by atoms with Gasteiger partial charge in [-0.3, -0.25) is 24.7 Å². The van der Waals surface area contributed by atoms with Gasteiger partial charge in [0.1, 0.15) is 11.2 Å². The van der Waals surface area contributed by atoms with Gasteiger partial charge in [-0.1, -0.05) is 0 Å².